The van der Waals surface area contributed by atoms with Crippen molar-refractivity contribution in [2.75, 3.05) is 39.8 Å². The van der Waals surface area contributed by atoms with Gasteiger partial charge in [-0.05, 0) is 0 Å². The van der Waals surface area contributed by atoms with E-state index < -0.39 is 0 Å². The minimum Gasteiger partial charge on any atom is -0.469 e. The molecule has 0 radical (unpaired) electrons. The van der Waals surface area contributed by atoms with Gasteiger partial charge in [-0.2, -0.15) is 4.98 Å². The molecule has 1 unspecified atom stereocenters. The average molecular weight is 252 g/mol. The molecule has 1 aromatic rings. The van der Waals surface area contributed by atoms with Gasteiger partial charge >= 0.3 is 5.97 Å². The minimum atomic E-state index is -0.362. The number of fused-ring (bicyclic) bond motifs is 3. The van der Waals surface area contributed by atoms with Gasteiger partial charge in [0.15, 0.2) is 5.82 Å². The van der Waals surface area contributed by atoms with Crippen LogP contribution in [-0.2, 0) is 16.0 Å². The van der Waals surface area contributed by atoms with Crippen molar-refractivity contribution in [3.63, 3.8) is 0 Å². The second-order valence-electron chi connectivity index (χ2n) is 4.65. The Morgan fingerprint density at radius 3 is 2.83 bits per heavy atom. The number of piperazine rings is 3. The van der Waals surface area contributed by atoms with Gasteiger partial charge < -0.3 is 9.26 Å². The predicted octanol–water partition coefficient (Wildman–Crippen LogP) is -0.543. The highest BCUT2D eigenvalue weighted by molar-refractivity contribution is 5.71. The molecule has 3 aliphatic heterocycles. The molecule has 0 amide bonds. The number of nitrogens with zero attached hydrogens (tertiary/aromatic N) is 4. The van der Waals surface area contributed by atoms with Crippen LogP contribution in [0.25, 0.3) is 0 Å². The lowest BCUT2D eigenvalue weighted by molar-refractivity contribution is -0.140. The molecular weight excluding hydrogens is 236 g/mol. The van der Waals surface area contributed by atoms with Crippen molar-refractivity contribution in [1.82, 2.24) is 19.9 Å². The summed E-state index contributed by atoms with van der Waals surface area (Å²) in [6.07, 6.45) is 0.0416. The number of ether oxygens (including phenoxy) is 1. The number of hydrogen-bond donors (Lipinski definition) is 0. The summed E-state index contributed by atoms with van der Waals surface area (Å²) in [5.41, 5.74) is 0. The van der Waals surface area contributed by atoms with Crippen LogP contribution in [0.5, 0.6) is 0 Å². The van der Waals surface area contributed by atoms with Crippen molar-refractivity contribution in [2.24, 2.45) is 0 Å². The number of hydrogen-bond acceptors (Lipinski definition) is 7. The fraction of sp³-hybridized carbons (Fsp3) is 0.727. The van der Waals surface area contributed by atoms with E-state index in [0.717, 1.165) is 32.7 Å². The third kappa shape index (κ3) is 2.11. The molecule has 7 heteroatoms. The van der Waals surface area contributed by atoms with Crippen LogP contribution in [0.15, 0.2) is 4.52 Å². The predicted molar refractivity (Wildman–Crippen MR) is 60.8 cm³/mol. The zero-order valence-electron chi connectivity index (χ0n) is 10.3. The zero-order valence-corrected chi connectivity index (χ0v) is 10.3. The van der Waals surface area contributed by atoms with Crippen molar-refractivity contribution in [2.45, 2.75) is 12.5 Å². The molecule has 0 aliphatic carbocycles. The first kappa shape index (κ1) is 11.6. The van der Waals surface area contributed by atoms with E-state index >= 15 is 0 Å². The molecule has 0 aromatic carbocycles. The van der Waals surface area contributed by atoms with Gasteiger partial charge in [-0.15, -0.1) is 0 Å². The van der Waals surface area contributed by atoms with Crippen molar-refractivity contribution < 1.29 is 14.1 Å². The third-order valence-electron chi connectivity index (χ3n) is 3.58. The Bertz CT molecular complexity index is 439. The maximum absolute atomic E-state index is 11.1. The number of esters is 1. The molecule has 7 nitrogen and oxygen atoms in total. The monoisotopic (exact) mass is 252 g/mol. The molecular formula is C11H16N4O3. The lowest BCUT2D eigenvalue weighted by atomic mass is 10.1. The maximum atomic E-state index is 11.1. The summed E-state index contributed by atoms with van der Waals surface area (Å²) in [6.45, 7) is 5.26. The topological polar surface area (TPSA) is 71.7 Å². The quantitative estimate of drug-likeness (QED) is 0.669. The standard InChI is InChI=1S/C11H16N4O3/c1-17-10(16)6-9-12-11(13-18-9)8-7-14-2-4-15(8)5-3-14/h8H,2-7H2,1H3. The van der Waals surface area contributed by atoms with Crippen molar-refractivity contribution in [1.29, 1.82) is 0 Å². The molecule has 18 heavy (non-hydrogen) atoms. The van der Waals surface area contributed by atoms with Gasteiger partial charge in [-0.3, -0.25) is 14.6 Å². The SMILES string of the molecule is COC(=O)Cc1nc(C2CN3CCN2CC3)no1. The highest BCUT2D eigenvalue weighted by Crippen LogP contribution is 2.26. The van der Waals surface area contributed by atoms with Crippen LogP contribution >= 0.6 is 0 Å². The van der Waals surface area contributed by atoms with Crippen LogP contribution < -0.4 is 0 Å². The van der Waals surface area contributed by atoms with E-state index in [1.807, 2.05) is 0 Å². The first-order chi connectivity index (χ1) is 8.76. The number of carbonyl (C=O) groups excluding carboxylic acids is 1. The van der Waals surface area contributed by atoms with E-state index in [1.54, 1.807) is 0 Å². The van der Waals surface area contributed by atoms with E-state index in [1.165, 1.54) is 7.11 Å². The van der Waals surface area contributed by atoms with Crippen LogP contribution in [0.3, 0.4) is 0 Å². The van der Waals surface area contributed by atoms with E-state index in [-0.39, 0.29) is 18.4 Å². The Labute approximate surface area is 105 Å². The Balaban J connectivity index is 1.71. The van der Waals surface area contributed by atoms with Gasteiger partial charge in [0.05, 0.1) is 13.2 Å². The van der Waals surface area contributed by atoms with Crippen LogP contribution in [-0.4, -0.2) is 65.7 Å². The van der Waals surface area contributed by atoms with Gasteiger partial charge in [0.1, 0.15) is 6.42 Å². The Morgan fingerprint density at radius 2 is 2.22 bits per heavy atom. The molecule has 3 saturated heterocycles. The maximum Gasteiger partial charge on any atom is 0.315 e. The Kier molecular flexibility index (Phi) is 3.00. The molecule has 4 rings (SSSR count). The fourth-order valence-corrected chi connectivity index (χ4v) is 2.53. The smallest absolute Gasteiger partial charge is 0.315 e. The van der Waals surface area contributed by atoms with Gasteiger partial charge in [0.25, 0.3) is 0 Å². The molecule has 0 spiro atoms. The highest BCUT2D eigenvalue weighted by Gasteiger charge is 2.35. The summed E-state index contributed by atoms with van der Waals surface area (Å²) >= 11 is 0. The summed E-state index contributed by atoms with van der Waals surface area (Å²) in [5, 5.41) is 3.98. The minimum absolute atomic E-state index is 0.0416. The first-order valence-corrected chi connectivity index (χ1v) is 6.12. The Hall–Kier alpha value is -1.47. The fourth-order valence-electron chi connectivity index (χ4n) is 2.53. The molecule has 0 saturated carbocycles. The van der Waals surface area contributed by atoms with Gasteiger partial charge in [0.2, 0.25) is 5.89 Å². The van der Waals surface area contributed by atoms with Crippen molar-refractivity contribution >= 4 is 5.97 Å². The van der Waals surface area contributed by atoms with Gasteiger partial charge in [0, 0.05) is 32.7 Å². The average Bonchev–Trinajstić information content (AvgIpc) is 2.88. The summed E-state index contributed by atoms with van der Waals surface area (Å²) in [5.74, 6) is 0.646. The number of carbonyl (C=O) groups is 1. The van der Waals surface area contributed by atoms with E-state index in [4.69, 9.17) is 4.52 Å². The van der Waals surface area contributed by atoms with E-state index in [0.29, 0.717) is 11.7 Å². The largest absolute Gasteiger partial charge is 0.469 e. The number of aromatic nitrogens is 2. The highest BCUT2D eigenvalue weighted by atomic mass is 16.5. The number of methoxy groups -OCH3 is 1. The van der Waals surface area contributed by atoms with Crippen molar-refractivity contribution in [3.8, 4) is 0 Å². The molecule has 3 aliphatic rings. The molecule has 1 aromatic heterocycles. The van der Waals surface area contributed by atoms with Gasteiger partial charge in [-0.25, -0.2) is 0 Å². The Morgan fingerprint density at radius 1 is 1.44 bits per heavy atom. The summed E-state index contributed by atoms with van der Waals surface area (Å²) < 4.78 is 9.66. The van der Waals surface area contributed by atoms with Gasteiger partial charge in [-0.1, -0.05) is 5.16 Å². The van der Waals surface area contributed by atoms with Crippen LogP contribution in [0.1, 0.15) is 17.8 Å². The van der Waals surface area contributed by atoms with Crippen LogP contribution in [0, 0.1) is 0 Å². The normalized spacial score (nSPS) is 30.4. The molecule has 2 bridgehead atoms. The summed E-state index contributed by atoms with van der Waals surface area (Å²) in [4.78, 5) is 20.2. The lowest BCUT2D eigenvalue weighted by Crippen LogP contribution is -2.57. The second-order valence-corrected chi connectivity index (χ2v) is 4.65. The first-order valence-electron chi connectivity index (χ1n) is 6.12. The lowest BCUT2D eigenvalue weighted by Gasteiger charge is -2.46. The third-order valence-corrected chi connectivity index (χ3v) is 3.58. The second kappa shape index (κ2) is 4.66. The molecule has 98 valence electrons. The molecule has 4 heterocycles. The molecule has 0 N–H and O–H groups in total. The van der Waals surface area contributed by atoms with E-state index in [2.05, 4.69) is 24.7 Å². The zero-order chi connectivity index (χ0) is 12.5. The van der Waals surface area contributed by atoms with Crippen LogP contribution in [0.2, 0.25) is 0 Å². The van der Waals surface area contributed by atoms with Crippen LogP contribution in [0.4, 0.5) is 0 Å². The summed E-state index contributed by atoms with van der Waals surface area (Å²) in [7, 11) is 1.35. The van der Waals surface area contributed by atoms with Crippen molar-refractivity contribution in [3.05, 3.63) is 11.7 Å². The van der Waals surface area contributed by atoms with E-state index in [9.17, 15) is 4.79 Å². The summed E-state index contributed by atoms with van der Waals surface area (Å²) in [6, 6.07) is 0.197. The number of rotatable bonds is 3. The molecule has 1 atom stereocenters. The molecule has 3 fully saturated rings.